The van der Waals surface area contributed by atoms with Crippen LogP contribution in [0.15, 0.2) is 30.7 Å². The third kappa shape index (κ3) is 8.43. The number of anilines is 3. The van der Waals surface area contributed by atoms with Crippen molar-refractivity contribution in [3.8, 4) is 0 Å². The third-order valence-electron chi connectivity index (χ3n) is 7.42. The zero-order valence-corrected chi connectivity index (χ0v) is 26.0. The summed E-state index contributed by atoms with van der Waals surface area (Å²) in [4.78, 5) is 50.9. The summed E-state index contributed by atoms with van der Waals surface area (Å²) in [5.41, 5.74) is 1.42. The first-order chi connectivity index (χ1) is 20.8. The quantitative estimate of drug-likeness (QED) is 0.245. The molecule has 0 unspecified atom stereocenters. The number of halogens is 1. The molecule has 0 radical (unpaired) electrons. The number of aromatic nitrogens is 2. The van der Waals surface area contributed by atoms with Crippen LogP contribution in [0.3, 0.4) is 0 Å². The lowest BCUT2D eigenvalue weighted by molar-refractivity contribution is -0.137. The van der Waals surface area contributed by atoms with Gasteiger partial charge in [-0.2, -0.15) is 0 Å². The fourth-order valence-corrected chi connectivity index (χ4v) is 5.08. The molecule has 0 bridgehead atoms. The number of fused-ring (bicyclic) bond motifs is 1. The van der Waals surface area contributed by atoms with Crippen molar-refractivity contribution in [3.63, 3.8) is 0 Å². The van der Waals surface area contributed by atoms with E-state index in [1.54, 1.807) is 23.2 Å². The van der Waals surface area contributed by atoms with Crippen molar-refractivity contribution < 1.29 is 28.6 Å². The Morgan fingerprint density at radius 2 is 1.91 bits per heavy atom. The Kier molecular flexibility index (Phi) is 10.4. The minimum atomic E-state index is -0.821. The molecule has 3 heterocycles. The lowest BCUT2D eigenvalue weighted by Crippen LogP contribution is -2.50. The highest BCUT2D eigenvalue weighted by atomic mass is 19.1. The lowest BCUT2D eigenvalue weighted by atomic mass is 10.1. The van der Waals surface area contributed by atoms with Crippen LogP contribution in [-0.4, -0.2) is 87.2 Å². The molecule has 2 aliphatic rings. The van der Waals surface area contributed by atoms with Gasteiger partial charge in [0.15, 0.2) is 0 Å². The van der Waals surface area contributed by atoms with Gasteiger partial charge in [-0.25, -0.2) is 19.2 Å². The van der Waals surface area contributed by atoms with Crippen LogP contribution in [-0.2, 0) is 20.9 Å². The van der Waals surface area contributed by atoms with Crippen molar-refractivity contribution in [2.24, 2.45) is 0 Å². The standard InChI is InChI=1S/C31H42FN7O5/c1-20(2)39(11-7-6-8-25(40)41)18-21-16-22(9-10-24(21)32)33-17-23-26-27(36-29(23)42)34-19-35-28(26)37-12-14-38(15-13-37)30(43)44-31(3,4)5/h9-10,16-17,19-20,33H,6-8,11-15,18H2,1-5H3,(H,40,41)(H,34,35,36,42)/b23-17-. The summed E-state index contributed by atoms with van der Waals surface area (Å²) in [5, 5.41) is 14.8. The number of ether oxygens (including phenoxy) is 1. The maximum Gasteiger partial charge on any atom is 0.410 e. The average Bonchev–Trinajstić information content (AvgIpc) is 3.28. The number of nitrogens with one attached hydrogen (secondary N) is 2. The highest BCUT2D eigenvalue weighted by molar-refractivity contribution is 6.32. The van der Waals surface area contributed by atoms with Crippen LogP contribution in [0.1, 0.15) is 65.0 Å². The van der Waals surface area contributed by atoms with Crippen molar-refractivity contribution in [3.05, 3.63) is 47.7 Å². The van der Waals surface area contributed by atoms with Gasteiger partial charge in [-0.3, -0.25) is 14.5 Å². The Balaban J connectivity index is 1.47. The van der Waals surface area contributed by atoms with E-state index in [4.69, 9.17) is 9.84 Å². The Hall–Kier alpha value is -4.26. The van der Waals surface area contributed by atoms with E-state index in [2.05, 4.69) is 25.5 Å². The molecule has 3 N–H and O–H groups in total. The first-order valence-corrected chi connectivity index (χ1v) is 14.9. The smallest absolute Gasteiger partial charge is 0.410 e. The van der Waals surface area contributed by atoms with E-state index >= 15 is 0 Å². The number of amides is 2. The number of aliphatic carboxylic acids is 1. The lowest BCUT2D eigenvalue weighted by Gasteiger charge is -2.36. The van der Waals surface area contributed by atoms with Crippen molar-refractivity contribution in [2.75, 3.05) is 48.3 Å². The van der Waals surface area contributed by atoms with E-state index in [1.807, 2.05) is 39.5 Å². The minimum Gasteiger partial charge on any atom is -0.481 e. The molecule has 44 heavy (non-hydrogen) atoms. The molecular weight excluding hydrogens is 569 g/mol. The van der Waals surface area contributed by atoms with Crippen LogP contribution in [0.5, 0.6) is 0 Å². The first-order valence-electron chi connectivity index (χ1n) is 14.9. The largest absolute Gasteiger partial charge is 0.481 e. The van der Waals surface area contributed by atoms with E-state index in [9.17, 15) is 18.8 Å². The predicted octanol–water partition coefficient (Wildman–Crippen LogP) is 4.54. The molecule has 4 rings (SSSR count). The second-order valence-electron chi connectivity index (χ2n) is 12.3. The first kappa shape index (κ1) is 32.6. The molecule has 238 valence electrons. The Morgan fingerprint density at radius 1 is 1.18 bits per heavy atom. The highest BCUT2D eigenvalue weighted by Gasteiger charge is 2.33. The molecule has 12 nitrogen and oxygen atoms in total. The van der Waals surface area contributed by atoms with Crippen LogP contribution in [0.2, 0.25) is 0 Å². The van der Waals surface area contributed by atoms with Crippen LogP contribution in [0, 0.1) is 5.82 Å². The van der Waals surface area contributed by atoms with Gasteiger partial charge in [0.05, 0.1) is 11.1 Å². The monoisotopic (exact) mass is 611 g/mol. The summed E-state index contributed by atoms with van der Waals surface area (Å²) in [7, 11) is 0. The van der Waals surface area contributed by atoms with Gasteiger partial charge in [0, 0.05) is 62.6 Å². The molecule has 0 saturated carbocycles. The Bertz CT molecular complexity index is 1400. The number of rotatable bonds is 11. The number of carboxylic acid groups (broad SMARTS) is 1. The zero-order valence-electron chi connectivity index (χ0n) is 26.0. The summed E-state index contributed by atoms with van der Waals surface area (Å²) in [5.74, 6) is -0.516. The predicted molar refractivity (Wildman–Crippen MR) is 166 cm³/mol. The fourth-order valence-electron chi connectivity index (χ4n) is 5.08. The van der Waals surface area contributed by atoms with Gasteiger partial charge in [-0.05, 0) is 72.2 Å². The van der Waals surface area contributed by atoms with Gasteiger partial charge in [0.25, 0.3) is 5.91 Å². The summed E-state index contributed by atoms with van der Waals surface area (Å²) in [6, 6.07) is 4.85. The number of carbonyl (C=O) groups excluding carboxylic acids is 2. The Morgan fingerprint density at radius 3 is 2.57 bits per heavy atom. The van der Waals surface area contributed by atoms with Crippen molar-refractivity contribution >= 4 is 40.9 Å². The molecule has 0 atom stereocenters. The number of piperazine rings is 1. The maximum absolute atomic E-state index is 14.8. The van der Waals surface area contributed by atoms with Gasteiger partial charge in [-0.1, -0.05) is 0 Å². The number of benzene rings is 1. The topological polar surface area (TPSA) is 140 Å². The molecule has 1 fully saturated rings. The number of hydrogen-bond acceptors (Lipinski definition) is 9. The van der Waals surface area contributed by atoms with Crippen LogP contribution in [0.4, 0.5) is 26.5 Å². The maximum atomic E-state index is 14.8. The van der Waals surface area contributed by atoms with E-state index in [0.29, 0.717) is 86.1 Å². The highest BCUT2D eigenvalue weighted by Crippen LogP contribution is 2.37. The fraction of sp³-hybridized carbons (Fsp3) is 0.516. The van der Waals surface area contributed by atoms with Gasteiger partial charge in [0.2, 0.25) is 0 Å². The van der Waals surface area contributed by atoms with E-state index in [0.717, 1.165) is 0 Å². The molecule has 0 aliphatic carbocycles. The summed E-state index contributed by atoms with van der Waals surface area (Å²) in [6.45, 7) is 12.4. The molecular formula is C31H42FN7O5. The van der Waals surface area contributed by atoms with Crippen molar-refractivity contribution in [2.45, 2.75) is 72.1 Å². The van der Waals surface area contributed by atoms with E-state index in [-0.39, 0.29) is 30.3 Å². The summed E-state index contributed by atoms with van der Waals surface area (Å²) >= 11 is 0. The van der Waals surface area contributed by atoms with E-state index in [1.165, 1.54) is 12.4 Å². The van der Waals surface area contributed by atoms with E-state index < -0.39 is 11.6 Å². The molecule has 1 saturated heterocycles. The van der Waals surface area contributed by atoms with Gasteiger partial charge < -0.3 is 30.3 Å². The number of unbranched alkanes of at least 4 members (excludes halogenated alkanes) is 1. The number of carboxylic acids is 1. The Labute approximate surface area is 257 Å². The van der Waals surface area contributed by atoms with Crippen molar-refractivity contribution in [1.82, 2.24) is 19.8 Å². The van der Waals surface area contributed by atoms with Gasteiger partial charge in [-0.15, -0.1) is 0 Å². The van der Waals surface area contributed by atoms with Crippen LogP contribution < -0.4 is 15.5 Å². The second-order valence-corrected chi connectivity index (χ2v) is 12.3. The summed E-state index contributed by atoms with van der Waals surface area (Å²) in [6.07, 6.45) is 3.99. The third-order valence-corrected chi connectivity index (χ3v) is 7.42. The van der Waals surface area contributed by atoms with Gasteiger partial charge in [0.1, 0.15) is 29.4 Å². The zero-order chi connectivity index (χ0) is 32.0. The normalized spacial score (nSPS) is 16.0. The summed E-state index contributed by atoms with van der Waals surface area (Å²) < 4.78 is 20.3. The van der Waals surface area contributed by atoms with Gasteiger partial charge >= 0.3 is 12.1 Å². The molecule has 2 aliphatic heterocycles. The molecule has 0 spiro atoms. The molecule has 2 amide bonds. The number of carbonyl (C=O) groups is 3. The SMILES string of the molecule is CC(C)N(CCCCC(=O)O)Cc1cc(N/C=C2\C(=O)Nc3ncnc(N4CCN(C(=O)OC(C)(C)C)CC4)c32)ccc1F. The molecule has 2 aromatic rings. The molecule has 13 heteroatoms. The van der Waals surface area contributed by atoms with Crippen LogP contribution >= 0.6 is 0 Å². The van der Waals surface area contributed by atoms with Crippen molar-refractivity contribution in [1.29, 1.82) is 0 Å². The van der Waals surface area contributed by atoms with Crippen LogP contribution in [0.25, 0.3) is 5.57 Å². The minimum absolute atomic E-state index is 0.111. The average molecular weight is 612 g/mol. The molecule has 1 aromatic carbocycles. The molecule has 1 aromatic heterocycles. The number of hydrogen-bond donors (Lipinski definition) is 3. The second kappa shape index (κ2) is 14.0. The number of nitrogens with zero attached hydrogens (tertiary/aromatic N) is 5.